The van der Waals surface area contributed by atoms with E-state index in [9.17, 15) is 22.8 Å². The maximum Gasteiger partial charge on any atom is 0.191 e. The Morgan fingerprint density at radius 3 is 2.54 bits per heavy atom. The molecule has 2 unspecified atom stereocenters. The molecule has 0 spiro atoms. The third-order valence-corrected chi connectivity index (χ3v) is 9.58. The van der Waals surface area contributed by atoms with Gasteiger partial charge in [-0.05, 0) is 30.4 Å². The van der Waals surface area contributed by atoms with E-state index in [4.69, 9.17) is 11.6 Å². The van der Waals surface area contributed by atoms with Crippen LogP contribution in [-0.4, -0.2) is 36.6 Å². The number of benzene rings is 1. The molecule has 1 fully saturated rings. The summed E-state index contributed by atoms with van der Waals surface area (Å²) in [4.78, 5) is 38.0. The van der Waals surface area contributed by atoms with Crippen molar-refractivity contribution in [1.82, 2.24) is 0 Å². The minimum atomic E-state index is -3.49. The molecule has 2 atom stereocenters. The highest BCUT2D eigenvalue weighted by Gasteiger charge is 2.47. The van der Waals surface area contributed by atoms with Crippen molar-refractivity contribution in [3.8, 4) is 0 Å². The molecule has 1 aliphatic heterocycles. The molecule has 0 radical (unpaired) electrons. The van der Waals surface area contributed by atoms with Crippen LogP contribution < -0.4 is 0 Å². The Hall–Kier alpha value is -1.18. The van der Waals surface area contributed by atoms with Crippen molar-refractivity contribution in [3.63, 3.8) is 0 Å². The first kappa shape index (κ1) is 19.6. The van der Waals surface area contributed by atoms with Crippen molar-refractivity contribution < 1.29 is 22.8 Å². The number of halogens is 1. The van der Waals surface area contributed by atoms with E-state index in [2.05, 4.69) is 0 Å². The van der Waals surface area contributed by atoms with Crippen LogP contribution in [0.4, 0.5) is 0 Å². The molecule has 0 bridgehead atoms. The van der Waals surface area contributed by atoms with Gasteiger partial charge < -0.3 is 0 Å². The van der Waals surface area contributed by atoms with Gasteiger partial charge in [0.05, 0.1) is 9.92 Å². The SMILES string of the molecule is CSC1Cc2c(ccc(C(=O)C3C(=O)CCC(C)(C)C3=O)c2Cl)S1(=O)=O. The van der Waals surface area contributed by atoms with E-state index >= 15 is 0 Å². The average Bonchev–Trinajstić information content (AvgIpc) is 2.83. The number of ketones is 3. The number of Topliss-reactive ketones (excluding diaryl/α,β-unsaturated/α-hetero) is 3. The lowest BCUT2D eigenvalue weighted by Gasteiger charge is -2.32. The highest BCUT2D eigenvalue weighted by atomic mass is 35.5. The summed E-state index contributed by atoms with van der Waals surface area (Å²) in [6.45, 7) is 3.45. The first-order valence-corrected chi connectivity index (χ1v) is 11.4. The van der Waals surface area contributed by atoms with Crippen LogP contribution >= 0.6 is 23.4 Å². The van der Waals surface area contributed by atoms with Gasteiger partial charge in [-0.1, -0.05) is 25.4 Å². The maximum absolute atomic E-state index is 13.0. The van der Waals surface area contributed by atoms with Crippen molar-refractivity contribution in [2.75, 3.05) is 6.26 Å². The van der Waals surface area contributed by atoms with Gasteiger partial charge in [-0.2, -0.15) is 0 Å². The van der Waals surface area contributed by atoms with Crippen LogP contribution in [-0.2, 0) is 25.8 Å². The Kier molecular flexibility index (Phi) is 4.86. The molecule has 1 heterocycles. The number of fused-ring (bicyclic) bond motifs is 1. The Bertz CT molecular complexity index is 933. The van der Waals surface area contributed by atoms with E-state index in [0.717, 1.165) is 0 Å². The standard InChI is InChI=1S/C18H19ClO5S2/c1-18(2)7-6-11(20)14(17(18)22)16(21)9-4-5-12-10(15(9)19)8-13(25-3)26(12,23)24/h4-5,13-14H,6-8H2,1-3H3. The minimum Gasteiger partial charge on any atom is -0.298 e. The van der Waals surface area contributed by atoms with Crippen LogP contribution in [0.15, 0.2) is 17.0 Å². The van der Waals surface area contributed by atoms with Gasteiger partial charge in [0.25, 0.3) is 0 Å². The molecule has 0 N–H and O–H groups in total. The molecule has 0 saturated heterocycles. The Morgan fingerprint density at radius 2 is 1.92 bits per heavy atom. The summed E-state index contributed by atoms with van der Waals surface area (Å²) in [6.07, 6.45) is 2.49. The number of hydrogen-bond acceptors (Lipinski definition) is 6. The summed E-state index contributed by atoms with van der Waals surface area (Å²) in [5.74, 6) is -2.79. The van der Waals surface area contributed by atoms with Gasteiger partial charge in [-0.25, -0.2) is 8.42 Å². The number of rotatable bonds is 3. The second-order valence-corrected chi connectivity index (χ2v) is 11.1. The van der Waals surface area contributed by atoms with Crippen LogP contribution in [0.25, 0.3) is 0 Å². The zero-order valence-corrected chi connectivity index (χ0v) is 17.1. The molecule has 140 valence electrons. The Labute approximate surface area is 161 Å². The lowest BCUT2D eigenvalue weighted by molar-refractivity contribution is -0.140. The molecule has 0 aromatic heterocycles. The first-order valence-electron chi connectivity index (χ1n) is 8.21. The fourth-order valence-electron chi connectivity index (χ4n) is 3.54. The largest absolute Gasteiger partial charge is 0.298 e. The summed E-state index contributed by atoms with van der Waals surface area (Å²) in [7, 11) is -3.49. The molecule has 1 aromatic rings. The predicted octanol–water partition coefficient (Wildman–Crippen LogP) is 3.12. The average molecular weight is 415 g/mol. The van der Waals surface area contributed by atoms with Gasteiger partial charge in [0.2, 0.25) is 0 Å². The summed E-state index contributed by atoms with van der Waals surface area (Å²) in [6, 6.07) is 2.69. The zero-order chi connectivity index (χ0) is 19.4. The van der Waals surface area contributed by atoms with E-state index in [1.807, 2.05) is 0 Å². The van der Waals surface area contributed by atoms with Crippen molar-refractivity contribution >= 4 is 50.5 Å². The van der Waals surface area contributed by atoms with Crippen molar-refractivity contribution in [3.05, 3.63) is 28.3 Å². The fraction of sp³-hybridized carbons (Fsp3) is 0.500. The van der Waals surface area contributed by atoms with Crippen molar-refractivity contribution in [2.45, 2.75) is 42.6 Å². The van der Waals surface area contributed by atoms with E-state index in [1.54, 1.807) is 20.1 Å². The lowest BCUT2D eigenvalue weighted by atomic mass is 9.68. The summed E-state index contributed by atoms with van der Waals surface area (Å²) in [5, 5.41) is 0.0385. The highest BCUT2D eigenvalue weighted by Crippen LogP contribution is 2.42. The van der Waals surface area contributed by atoms with Gasteiger partial charge in [-0.15, -0.1) is 11.8 Å². The number of carbonyl (C=O) groups is 3. The topological polar surface area (TPSA) is 85.3 Å². The van der Waals surface area contributed by atoms with Crippen LogP contribution in [0.3, 0.4) is 0 Å². The summed E-state index contributed by atoms with van der Waals surface area (Å²) >= 11 is 7.57. The van der Waals surface area contributed by atoms with Gasteiger partial charge in [-0.3, -0.25) is 14.4 Å². The van der Waals surface area contributed by atoms with E-state index < -0.39 is 43.1 Å². The normalized spacial score (nSPS) is 26.6. The number of thioether (sulfide) groups is 1. The molecule has 1 aliphatic carbocycles. The molecule has 0 amide bonds. The molecule has 8 heteroatoms. The molecule has 5 nitrogen and oxygen atoms in total. The van der Waals surface area contributed by atoms with Crippen LogP contribution in [0.1, 0.15) is 42.6 Å². The van der Waals surface area contributed by atoms with Crippen LogP contribution in [0.2, 0.25) is 5.02 Å². The minimum absolute atomic E-state index is 0.0385. The van der Waals surface area contributed by atoms with Gasteiger partial charge >= 0.3 is 0 Å². The molecule has 1 aromatic carbocycles. The van der Waals surface area contributed by atoms with Gasteiger partial charge in [0.1, 0.15) is 10.5 Å². The van der Waals surface area contributed by atoms with E-state index in [-0.39, 0.29) is 28.3 Å². The lowest BCUT2D eigenvalue weighted by Crippen LogP contribution is -2.44. The third kappa shape index (κ3) is 2.84. The number of sulfone groups is 1. The fourth-order valence-corrected chi connectivity index (χ4v) is 7.04. The zero-order valence-electron chi connectivity index (χ0n) is 14.7. The molecule has 1 saturated carbocycles. The smallest absolute Gasteiger partial charge is 0.191 e. The summed E-state index contributed by atoms with van der Waals surface area (Å²) in [5.41, 5.74) is -0.302. The maximum atomic E-state index is 13.0. The van der Waals surface area contributed by atoms with Crippen molar-refractivity contribution in [2.24, 2.45) is 11.3 Å². The molecule has 2 aliphatic rings. The predicted molar refractivity (Wildman–Crippen MR) is 100 cm³/mol. The molecular formula is C18H19ClO5S2. The quantitative estimate of drug-likeness (QED) is 0.558. The van der Waals surface area contributed by atoms with Gasteiger partial charge in [0, 0.05) is 23.8 Å². The second kappa shape index (κ2) is 6.46. The van der Waals surface area contributed by atoms with E-state index in [0.29, 0.717) is 12.0 Å². The Morgan fingerprint density at radius 1 is 1.27 bits per heavy atom. The molecular weight excluding hydrogens is 396 g/mol. The second-order valence-electron chi connectivity index (χ2n) is 7.33. The van der Waals surface area contributed by atoms with Crippen LogP contribution in [0, 0.1) is 11.3 Å². The van der Waals surface area contributed by atoms with Crippen molar-refractivity contribution in [1.29, 1.82) is 0 Å². The monoisotopic (exact) mass is 414 g/mol. The Balaban J connectivity index is 2.06. The number of carbonyl (C=O) groups excluding carboxylic acids is 3. The highest BCUT2D eigenvalue weighted by molar-refractivity contribution is 8.13. The third-order valence-electron chi connectivity index (χ3n) is 5.26. The number of hydrogen-bond donors (Lipinski definition) is 0. The molecule has 26 heavy (non-hydrogen) atoms. The summed E-state index contributed by atoms with van der Waals surface area (Å²) < 4.78 is 24.3. The van der Waals surface area contributed by atoms with Crippen LogP contribution in [0.5, 0.6) is 0 Å². The first-order chi connectivity index (χ1) is 12.0. The van der Waals surface area contributed by atoms with Gasteiger partial charge in [0.15, 0.2) is 27.2 Å². The molecule has 3 rings (SSSR count). The van der Waals surface area contributed by atoms with E-state index in [1.165, 1.54) is 23.9 Å².